The van der Waals surface area contributed by atoms with Crippen LogP contribution in [0, 0.1) is 0 Å². The summed E-state index contributed by atoms with van der Waals surface area (Å²) in [7, 11) is 1.65. The molecule has 0 bridgehead atoms. The molecule has 0 saturated carbocycles. The molecule has 1 atom stereocenters. The van der Waals surface area contributed by atoms with Crippen molar-refractivity contribution in [3.8, 4) is 5.75 Å². The van der Waals surface area contributed by atoms with Crippen LogP contribution in [-0.4, -0.2) is 25.4 Å². The van der Waals surface area contributed by atoms with Gasteiger partial charge in [0.25, 0.3) is 0 Å². The van der Waals surface area contributed by atoms with Crippen molar-refractivity contribution < 1.29 is 14.6 Å². The topological polar surface area (TPSA) is 38.7 Å². The fourth-order valence-corrected chi connectivity index (χ4v) is 1.28. The van der Waals surface area contributed by atoms with E-state index >= 15 is 0 Å². The predicted octanol–water partition coefficient (Wildman–Crippen LogP) is 2.12. The molecule has 3 nitrogen and oxygen atoms in total. The molecule has 0 spiro atoms. The molecule has 1 rings (SSSR count). The smallest absolute Gasteiger partial charge is 0.115 e. The minimum Gasteiger partial charge on any atom is -0.508 e. The van der Waals surface area contributed by atoms with Crippen molar-refractivity contribution >= 4 is 0 Å². The number of aromatic hydroxyl groups is 1. The van der Waals surface area contributed by atoms with Crippen LogP contribution in [0.25, 0.3) is 0 Å². The summed E-state index contributed by atoms with van der Waals surface area (Å²) < 4.78 is 10.6. The van der Waals surface area contributed by atoms with Crippen LogP contribution >= 0.6 is 0 Å². The van der Waals surface area contributed by atoms with Crippen molar-refractivity contribution in [3.05, 3.63) is 29.8 Å². The highest BCUT2D eigenvalue weighted by molar-refractivity contribution is 5.27. The molecule has 0 heterocycles. The minimum absolute atomic E-state index is 0.0504. The maximum absolute atomic E-state index is 9.13. The monoisotopic (exact) mass is 196 g/mol. The first-order valence-electron chi connectivity index (χ1n) is 4.67. The number of phenolic OH excluding ortho intramolecular Hbond substituents is 1. The second-order valence-electron chi connectivity index (χ2n) is 2.99. The SMILES string of the molecule is CCOC(COC)c1ccc(O)cc1. The lowest BCUT2D eigenvalue weighted by Crippen LogP contribution is -2.10. The fraction of sp³-hybridized carbons (Fsp3) is 0.455. The van der Waals surface area contributed by atoms with Gasteiger partial charge in [-0.15, -0.1) is 0 Å². The Kier molecular flexibility index (Phi) is 4.43. The number of methoxy groups -OCH3 is 1. The van der Waals surface area contributed by atoms with Crippen LogP contribution in [-0.2, 0) is 9.47 Å². The third kappa shape index (κ3) is 3.01. The highest BCUT2D eigenvalue weighted by Gasteiger charge is 2.10. The van der Waals surface area contributed by atoms with Crippen LogP contribution < -0.4 is 0 Å². The highest BCUT2D eigenvalue weighted by Crippen LogP contribution is 2.20. The zero-order valence-electron chi connectivity index (χ0n) is 8.56. The largest absolute Gasteiger partial charge is 0.508 e. The van der Waals surface area contributed by atoms with E-state index in [2.05, 4.69) is 0 Å². The molecular formula is C11H16O3. The van der Waals surface area contributed by atoms with Gasteiger partial charge in [-0.3, -0.25) is 0 Å². The maximum atomic E-state index is 9.13. The Bertz CT molecular complexity index is 250. The van der Waals surface area contributed by atoms with Crippen molar-refractivity contribution in [2.75, 3.05) is 20.3 Å². The summed E-state index contributed by atoms with van der Waals surface area (Å²) in [6.45, 7) is 3.12. The summed E-state index contributed by atoms with van der Waals surface area (Å²) in [6, 6.07) is 6.98. The van der Waals surface area contributed by atoms with Crippen molar-refractivity contribution in [2.24, 2.45) is 0 Å². The summed E-state index contributed by atoms with van der Waals surface area (Å²) in [5.41, 5.74) is 1.02. The highest BCUT2D eigenvalue weighted by atomic mass is 16.5. The van der Waals surface area contributed by atoms with Crippen molar-refractivity contribution in [1.29, 1.82) is 0 Å². The van der Waals surface area contributed by atoms with E-state index in [9.17, 15) is 0 Å². The van der Waals surface area contributed by atoms with Gasteiger partial charge in [-0.2, -0.15) is 0 Å². The third-order valence-corrected chi connectivity index (χ3v) is 1.95. The number of hydrogen-bond donors (Lipinski definition) is 1. The molecule has 3 heteroatoms. The van der Waals surface area contributed by atoms with Crippen LogP contribution in [0.1, 0.15) is 18.6 Å². The van der Waals surface area contributed by atoms with Crippen LogP contribution in [0.2, 0.25) is 0 Å². The minimum atomic E-state index is -0.0504. The molecule has 1 aromatic carbocycles. The zero-order chi connectivity index (χ0) is 10.4. The van der Waals surface area contributed by atoms with Crippen LogP contribution in [0.4, 0.5) is 0 Å². The quantitative estimate of drug-likeness (QED) is 0.784. The first-order chi connectivity index (χ1) is 6.77. The Balaban J connectivity index is 2.71. The Hall–Kier alpha value is -1.06. The molecule has 0 radical (unpaired) electrons. The summed E-state index contributed by atoms with van der Waals surface area (Å²) in [5, 5.41) is 9.13. The maximum Gasteiger partial charge on any atom is 0.115 e. The van der Waals surface area contributed by atoms with Crippen molar-refractivity contribution in [1.82, 2.24) is 0 Å². The molecule has 0 aliphatic carbocycles. The molecule has 1 N–H and O–H groups in total. The summed E-state index contributed by atoms with van der Waals surface area (Å²) >= 11 is 0. The van der Waals surface area contributed by atoms with E-state index in [1.54, 1.807) is 19.2 Å². The van der Waals surface area contributed by atoms with E-state index < -0.39 is 0 Å². The first kappa shape index (κ1) is 11.0. The Labute approximate surface area is 84.3 Å². The third-order valence-electron chi connectivity index (χ3n) is 1.95. The fourth-order valence-electron chi connectivity index (χ4n) is 1.28. The number of rotatable bonds is 5. The molecule has 0 aliphatic heterocycles. The molecule has 78 valence electrons. The van der Waals surface area contributed by atoms with Gasteiger partial charge in [0.2, 0.25) is 0 Å². The molecule has 0 amide bonds. The summed E-state index contributed by atoms with van der Waals surface area (Å²) in [6.07, 6.45) is -0.0504. The van der Waals surface area contributed by atoms with Crippen LogP contribution in [0.5, 0.6) is 5.75 Å². The standard InChI is InChI=1S/C11H16O3/c1-3-14-11(8-13-2)9-4-6-10(12)7-5-9/h4-7,11-12H,3,8H2,1-2H3. The average Bonchev–Trinajstić information content (AvgIpc) is 2.19. The number of phenols is 1. The van der Waals surface area contributed by atoms with E-state index in [0.29, 0.717) is 13.2 Å². The zero-order valence-corrected chi connectivity index (χ0v) is 8.56. The number of benzene rings is 1. The van der Waals surface area contributed by atoms with Gasteiger partial charge in [0.15, 0.2) is 0 Å². The average molecular weight is 196 g/mol. The van der Waals surface area contributed by atoms with E-state index in [0.717, 1.165) is 5.56 Å². The summed E-state index contributed by atoms with van der Waals surface area (Å²) in [4.78, 5) is 0. The molecule has 0 aromatic heterocycles. The van der Waals surface area contributed by atoms with Gasteiger partial charge in [0, 0.05) is 13.7 Å². The van der Waals surface area contributed by atoms with Crippen molar-refractivity contribution in [3.63, 3.8) is 0 Å². The molecule has 1 aromatic rings. The molecular weight excluding hydrogens is 180 g/mol. The van der Waals surface area contributed by atoms with Gasteiger partial charge >= 0.3 is 0 Å². The van der Waals surface area contributed by atoms with Crippen LogP contribution in [0.3, 0.4) is 0 Å². The predicted molar refractivity (Wildman–Crippen MR) is 54.3 cm³/mol. The number of ether oxygens (including phenoxy) is 2. The molecule has 0 fully saturated rings. The lowest BCUT2D eigenvalue weighted by atomic mass is 10.1. The Morgan fingerprint density at radius 3 is 2.43 bits per heavy atom. The molecule has 14 heavy (non-hydrogen) atoms. The molecule has 0 saturated heterocycles. The second kappa shape index (κ2) is 5.62. The van der Waals surface area contributed by atoms with Crippen molar-refractivity contribution in [2.45, 2.75) is 13.0 Å². The second-order valence-corrected chi connectivity index (χ2v) is 2.99. The molecule has 0 aliphatic rings. The lowest BCUT2D eigenvalue weighted by molar-refractivity contribution is 0.00278. The lowest BCUT2D eigenvalue weighted by Gasteiger charge is -2.16. The van der Waals surface area contributed by atoms with Gasteiger partial charge < -0.3 is 14.6 Å². The number of hydrogen-bond acceptors (Lipinski definition) is 3. The first-order valence-corrected chi connectivity index (χ1v) is 4.67. The van der Waals surface area contributed by atoms with Gasteiger partial charge in [-0.1, -0.05) is 12.1 Å². The van der Waals surface area contributed by atoms with Gasteiger partial charge in [-0.25, -0.2) is 0 Å². The normalized spacial score (nSPS) is 12.7. The van der Waals surface area contributed by atoms with Crippen LogP contribution in [0.15, 0.2) is 24.3 Å². The summed E-state index contributed by atoms with van der Waals surface area (Å²) in [5.74, 6) is 0.265. The van der Waals surface area contributed by atoms with Gasteiger partial charge in [0.05, 0.1) is 6.61 Å². The van der Waals surface area contributed by atoms with E-state index in [1.807, 2.05) is 19.1 Å². The van der Waals surface area contributed by atoms with E-state index in [1.165, 1.54) is 0 Å². The Morgan fingerprint density at radius 1 is 1.29 bits per heavy atom. The Morgan fingerprint density at radius 2 is 1.93 bits per heavy atom. The van der Waals surface area contributed by atoms with Gasteiger partial charge in [0.1, 0.15) is 11.9 Å². The van der Waals surface area contributed by atoms with E-state index in [4.69, 9.17) is 14.6 Å². The molecule has 1 unspecified atom stereocenters. The van der Waals surface area contributed by atoms with Gasteiger partial charge in [-0.05, 0) is 24.6 Å². The van der Waals surface area contributed by atoms with E-state index in [-0.39, 0.29) is 11.9 Å².